The van der Waals surface area contributed by atoms with Crippen molar-refractivity contribution < 1.29 is 18.7 Å². The Morgan fingerprint density at radius 1 is 1.24 bits per heavy atom. The van der Waals surface area contributed by atoms with Crippen molar-refractivity contribution in [2.75, 3.05) is 4.90 Å². The number of halogens is 2. The molecule has 8 heteroatoms. The topological polar surface area (TPSA) is 58.6 Å². The Balaban J connectivity index is 1.92. The van der Waals surface area contributed by atoms with Gasteiger partial charge in [-0.1, -0.05) is 24.6 Å². The molecule has 1 N–H and O–H groups in total. The molecule has 0 aliphatic carbocycles. The van der Waals surface area contributed by atoms with Crippen molar-refractivity contribution in [3.8, 4) is 5.75 Å². The summed E-state index contributed by atoms with van der Waals surface area (Å²) in [6, 6.07) is 10.2. The summed E-state index contributed by atoms with van der Waals surface area (Å²) in [5, 5.41) is 2.78. The molecule has 1 aliphatic heterocycles. The first-order chi connectivity index (χ1) is 13.8. The van der Waals surface area contributed by atoms with Crippen LogP contribution in [-0.2, 0) is 9.59 Å². The first-order valence-electron chi connectivity index (χ1n) is 8.93. The van der Waals surface area contributed by atoms with E-state index in [1.165, 1.54) is 30.3 Å². The minimum Gasteiger partial charge on any atom is -0.489 e. The fraction of sp³-hybridized carbons (Fsp3) is 0.190. The number of nitrogens with zero attached hydrogens (tertiary/aromatic N) is 1. The van der Waals surface area contributed by atoms with Crippen LogP contribution in [0.25, 0.3) is 6.08 Å². The number of rotatable bonds is 5. The number of amides is 2. The van der Waals surface area contributed by atoms with Crippen LogP contribution < -0.4 is 15.0 Å². The third-order valence-corrected chi connectivity index (χ3v) is 4.94. The number of hydrogen-bond donors (Lipinski definition) is 1. The maximum atomic E-state index is 13.2. The Morgan fingerprint density at radius 2 is 1.93 bits per heavy atom. The largest absolute Gasteiger partial charge is 0.489 e. The minimum absolute atomic E-state index is 0.00712. The van der Waals surface area contributed by atoms with Gasteiger partial charge in [0.2, 0.25) is 0 Å². The molecule has 0 saturated carbocycles. The van der Waals surface area contributed by atoms with Crippen LogP contribution in [0, 0.1) is 5.82 Å². The summed E-state index contributed by atoms with van der Waals surface area (Å²) in [7, 11) is 0. The SMILES string of the molecule is CC[C@H](C)Oc1ccc(/C=C2/C(=O)NC(=S)N(c3ccc(F)cc3)C2=O)cc1Cl. The van der Waals surface area contributed by atoms with Crippen molar-refractivity contribution in [2.24, 2.45) is 0 Å². The normalized spacial score (nSPS) is 16.8. The predicted molar refractivity (Wildman–Crippen MR) is 114 cm³/mol. The Hall–Kier alpha value is -2.77. The second kappa shape index (κ2) is 8.71. The molecule has 2 amide bonds. The van der Waals surface area contributed by atoms with Crippen LogP contribution in [0.15, 0.2) is 48.0 Å². The summed E-state index contributed by atoms with van der Waals surface area (Å²) in [6.45, 7) is 3.94. The maximum absolute atomic E-state index is 13.2. The summed E-state index contributed by atoms with van der Waals surface area (Å²) < 4.78 is 18.9. The first-order valence-corrected chi connectivity index (χ1v) is 9.72. The maximum Gasteiger partial charge on any atom is 0.270 e. The molecule has 1 atom stereocenters. The number of ether oxygens (including phenoxy) is 1. The Labute approximate surface area is 178 Å². The van der Waals surface area contributed by atoms with Gasteiger partial charge < -0.3 is 4.74 Å². The summed E-state index contributed by atoms with van der Waals surface area (Å²) in [6.07, 6.45) is 2.26. The lowest BCUT2D eigenvalue weighted by Crippen LogP contribution is -2.54. The van der Waals surface area contributed by atoms with Crippen LogP contribution in [0.1, 0.15) is 25.8 Å². The quantitative estimate of drug-likeness (QED) is 0.429. The Bertz CT molecular complexity index is 1010. The van der Waals surface area contributed by atoms with Crippen LogP contribution in [0.3, 0.4) is 0 Å². The number of nitrogens with one attached hydrogen (secondary N) is 1. The van der Waals surface area contributed by atoms with Crippen molar-refractivity contribution in [2.45, 2.75) is 26.4 Å². The molecule has 0 unspecified atom stereocenters. The first kappa shape index (κ1) is 21.0. The smallest absolute Gasteiger partial charge is 0.270 e. The molecule has 0 spiro atoms. The van der Waals surface area contributed by atoms with Gasteiger partial charge in [0, 0.05) is 0 Å². The van der Waals surface area contributed by atoms with Gasteiger partial charge in [0.15, 0.2) is 5.11 Å². The van der Waals surface area contributed by atoms with E-state index in [4.69, 9.17) is 28.6 Å². The van der Waals surface area contributed by atoms with Gasteiger partial charge in [0.1, 0.15) is 17.1 Å². The van der Waals surface area contributed by atoms with Crippen molar-refractivity contribution in [1.82, 2.24) is 5.32 Å². The van der Waals surface area contributed by atoms with E-state index in [2.05, 4.69) is 5.32 Å². The average molecular weight is 433 g/mol. The number of anilines is 1. The standard InChI is InChI=1S/C21H18ClFN2O3S/c1-3-12(2)28-18-9-4-13(11-17(18)22)10-16-19(26)24-21(29)25(20(16)27)15-7-5-14(23)6-8-15/h4-12H,3H2,1-2H3,(H,24,26,29)/b16-10-/t12-/m0/s1. The summed E-state index contributed by atoms with van der Waals surface area (Å²) in [5.74, 6) is -1.15. The third kappa shape index (κ3) is 4.63. The van der Waals surface area contributed by atoms with Gasteiger partial charge in [-0.05, 0) is 73.6 Å². The van der Waals surface area contributed by atoms with E-state index < -0.39 is 17.6 Å². The highest BCUT2D eigenvalue weighted by atomic mass is 35.5. The zero-order chi connectivity index (χ0) is 21.1. The number of benzene rings is 2. The van der Waals surface area contributed by atoms with Gasteiger partial charge in [-0.15, -0.1) is 0 Å². The monoisotopic (exact) mass is 432 g/mol. The van der Waals surface area contributed by atoms with Crippen molar-refractivity contribution >= 4 is 52.5 Å². The molecule has 0 radical (unpaired) electrons. The lowest BCUT2D eigenvalue weighted by atomic mass is 10.1. The molecular weight excluding hydrogens is 415 g/mol. The summed E-state index contributed by atoms with van der Waals surface area (Å²) in [5.41, 5.74) is 0.786. The summed E-state index contributed by atoms with van der Waals surface area (Å²) in [4.78, 5) is 26.4. The molecule has 0 aromatic heterocycles. The van der Waals surface area contributed by atoms with E-state index in [1.54, 1.807) is 18.2 Å². The zero-order valence-corrected chi connectivity index (χ0v) is 17.3. The second-order valence-electron chi connectivity index (χ2n) is 6.46. The number of carbonyl (C=O) groups excluding carboxylic acids is 2. The average Bonchev–Trinajstić information content (AvgIpc) is 2.68. The molecule has 29 heavy (non-hydrogen) atoms. The minimum atomic E-state index is -0.616. The Morgan fingerprint density at radius 3 is 2.55 bits per heavy atom. The lowest BCUT2D eigenvalue weighted by Gasteiger charge is -2.28. The van der Waals surface area contributed by atoms with Gasteiger partial charge in [-0.3, -0.25) is 19.8 Å². The zero-order valence-electron chi connectivity index (χ0n) is 15.7. The highest BCUT2D eigenvalue weighted by Gasteiger charge is 2.34. The highest BCUT2D eigenvalue weighted by molar-refractivity contribution is 7.80. The van der Waals surface area contributed by atoms with Crippen LogP contribution in [0.5, 0.6) is 5.75 Å². The molecule has 2 aromatic rings. The molecule has 150 valence electrons. The van der Waals surface area contributed by atoms with Gasteiger partial charge >= 0.3 is 0 Å². The van der Waals surface area contributed by atoms with E-state index in [1.807, 2.05) is 13.8 Å². The number of thiocarbonyl (C=S) groups is 1. The van der Waals surface area contributed by atoms with Crippen molar-refractivity contribution in [3.63, 3.8) is 0 Å². The van der Waals surface area contributed by atoms with Crippen LogP contribution in [-0.4, -0.2) is 23.0 Å². The molecule has 1 aliphatic rings. The van der Waals surface area contributed by atoms with E-state index >= 15 is 0 Å². The second-order valence-corrected chi connectivity index (χ2v) is 7.25. The number of carbonyl (C=O) groups is 2. The van der Waals surface area contributed by atoms with Crippen LogP contribution in [0.4, 0.5) is 10.1 Å². The molecule has 5 nitrogen and oxygen atoms in total. The van der Waals surface area contributed by atoms with E-state index in [9.17, 15) is 14.0 Å². The van der Waals surface area contributed by atoms with Crippen molar-refractivity contribution in [1.29, 1.82) is 0 Å². The van der Waals surface area contributed by atoms with Crippen molar-refractivity contribution in [3.05, 3.63) is 64.4 Å². The van der Waals surface area contributed by atoms with E-state index in [0.29, 0.717) is 22.0 Å². The molecule has 2 aromatic carbocycles. The molecule has 1 fully saturated rings. The van der Waals surface area contributed by atoms with Crippen LogP contribution >= 0.6 is 23.8 Å². The summed E-state index contributed by atoms with van der Waals surface area (Å²) >= 11 is 11.4. The highest BCUT2D eigenvalue weighted by Crippen LogP contribution is 2.29. The fourth-order valence-corrected chi connectivity index (χ4v) is 3.17. The predicted octanol–water partition coefficient (Wildman–Crippen LogP) is 4.49. The fourth-order valence-electron chi connectivity index (χ4n) is 2.65. The van der Waals surface area contributed by atoms with Gasteiger partial charge in [-0.25, -0.2) is 4.39 Å². The molecule has 1 saturated heterocycles. The van der Waals surface area contributed by atoms with E-state index in [-0.39, 0.29) is 16.8 Å². The lowest BCUT2D eigenvalue weighted by molar-refractivity contribution is -0.122. The molecule has 3 rings (SSSR count). The van der Waals surface area contributed by atoms with E-state index in [0.717, 1.165) is 11.3 Å². The number of hydrogen-bond acceptors (Lipinski definition) is 4. The molecule has 0 bridgehead atoms. The Kier molecular flexibility index (Phi) is 6.30. The molecular formula is C21H18ClFN2O3S. The van der Waals surface area contributed by atoms with Gasteiger partial charge in [0.25, 0.3) is 11.8 Å². The van der Waals surface area contributed by atoms with Crippen LogP contribution in [0.2, 0.25) is 5.02 Å². The van der Waals surface area contributed by atoms with Gasteiger partial charge in [0.05, 0.1) is 16.8 Å². The van der Waals surface area contributed by atoms with Gasteiger partial charge in [-0.2, -0.15) is 0 Å². The third-order valence-electron chi connectivity index (χ3n) is 4.36. The molecule has 1 heterocycles.